The summed E-state index contributed by atoms with van der Waals surface area (Å²) in [6.07, 6.45) is 0. The third kappa shape index (κ3) is 4.87. The van der Waals surface area contributed by atoms with Crippen LogP contribution in [0.4, 0.5) is 11.4 Å². The van der Waals surface area contributed by atoms with E-state index in [0.29, 0.717) is 21.4 Å². The minimum atomic E-state index is -0.799. The van der Waals surface area contributed by atoms with E-state index in [9.17, 15) is 9.59 Å². The van der Waals surface area contributed by atoms with Crippen LogP contribution in [0.3, 0.4) is 0 Å². The molecule has 0 radical (unpaired) electrons. The highest BCUT2D eigenvalue weighted by Crippen LogP contribution is 2.22. The van der Waals surface area contributed by atoms with Crippen LogP contribution in [0.1, 0.15) is 0 Å². The van der Waals surface area contributed by atoms with Crippen LogP contribution in [0.5, 0.6) is 0 Å². The standard InChI is InChI=1S/C14H9Cl2IN2O2/c15-8-5-9(16)7-12(6-8)19-14(21)13(20)18-11-3-1-10(17)2-4-11/h1-7H,(H,18,20)(H,19,21). The number of nitrogens with one attached hydrogen (secondary N) is 2. The fraction of sp³-hybridized carbons (Fsp3) is 0. The lowest BCUT2D eigenvalue weighted by Crippen LogP contribution is -2.29. The molecule has 2 rings (SSSR count). The number of anilines is 2. The van der Waals surface area contributed by atoms with E-state index in [2.05, 4.69) is 33.2 Å². The topological polar surface area (TPSA) is 58.2 Å². The van der Waals surface area contributed by atoms with E-state index in [1.165, 1.54) is 18.2 Å². The van der Waals surface area contributed by atoms with Gasteiger partial charge in [0, 0.05) is 25.0 Å². The smallest absolute Gasteiger partial charge is 0.314 e. The molecule has 0 saturated carbocycles. The SMILES string of the molecule is O=C(Nc1ccc(I)cc1)C(=O)Nc1cc(Cl)cc(Cl)c1. The van der Waals surface area contributed by atoms with E-state index in [4.69, 9.17) is 23.2 Å². The van der Waals surface area contributed by atoms with Crippen LogP contribution >= 0.6 is 45.8 Å². The van der Waals surface area contributed by atoms with Gasteiger partial charge in [0.25, 0.3) is 0 Å². The summed E-state index contributed by atoms with van der Waals surface area (Å²) in [6.45, 7) is 0. The molecule has 21 heavy (non-hydrogen) atoms. The zero-order valence-electron chi connectivity index (χ0n) is 10.5. The van der Waals surface area contributed by atoms with Gasteiger partial charge in [-0.3, -0.25) is 9.59 Å². The van der Waals surface area contributed by atoms with Gasteiger partial charge >= 0.3 is 11.8 Å². The van der Waals surface area contributed by atoms with Gasteiger partial charge in [-0.05, 0) is 65.1 Å². The van der Waals surface area contributed by atoms with Crippen LogP contribution in [0.15, 0.2) is 42.5 Å². The molecule has 0 spiro atoms. The fourth-order valence-electron chi connectivity index (χ4n) is 1.53. The van der Waals surface area contributed by atoms with Crippen molar-refractivity contribution >= 4 is 69.0 Å². The number of carbonyl (C=O) groups excluding carboxylic acids is 2. The Balaban J connectivity index is 2.02. The quantitative estimate of drug-likeness (QED) is 0.550. The van der Waals surface area contributed by atoms with Gasteiger partial charge in [0.1, 0.15) is 0 Å². The van der Waals surface area contributed by atoms with Crippen molar-refractivity contribution in [2.45, 2.75) is 0 Å². The Morgan fingerprint density at radius 2 is 1.29 bits per heavy atom. The number of halogens is 3. The fourth-order valence-corrected chi connectivity index (χ4v) is 2.42. The monoisotopic (exact) mass is 434 g/mol. The molecular formula is C14H9Cl2IN2O2. The van der Waals surface area contributed by atoms with Crippen molar-refractivity contribution in [3.63, 3.8) is 0 Å². The van der Waals surface area contributed by atoms with Gasteiger partial charge in [-0.2, -0.15) is 0 Å². The van der Waals surface area contributed by atoms with E-state index in [1.54, 1.807) is 12.1 Å². The predicted octanol–water partition coefficient (Wildman–Crippen LogP) is 4.18. The third-order valence-electron chi connectivity index (χ3n) is 2.43. The Bertz CT molecular complexity index is 670. The Morgan fingerprint density at radius 3 is 1.81 bits per heavy atom. The van der Waals surface area contributed by atoms with Crippen LogP contribution in [-0.2, 0) is 9.59 Å². The first-order valence-corrected chi connectivity index (χ1v) is 7.61. The van der Waals surface area contributed by atoms with Gasteiger partial charge in [0.05, 0.1) is 0 Å². The highest BCUT2D eigenvalue weighted by atomic mass is 127. The van der Waals surface area contributed by atoms with Crippen molar-refractivity contribution in [3.05, 3.63) is 56.1 Å². The van der Waals surface area contributed by atoms with Crippen LogP contribution in [0.25, 0.3) is 0 Å². The zero-order valence-corrected chi connectivity index (χ0v) is 14.2. The number of carbonyl (C=O) groups is 2. The molecule has 2 aromatic rings. The number of hydrogen-bond acceptors (Lipinski definition) is 2. The molecule has 0 atom stereocenters. The second-order valence-corrected chi connectivity index (χ2v) is 6.19. The number of rotatable bonds is 2. The lowest BCUT2D eigenvalue weighted by atomic mass is 10.3. The second-order valence-electron chi connectivity index (χ2n) is 4.07. The first kappa shape index (κ1) is 16.1. The minimum absolute atomic E-state index is 0.357. The van der Waals surface area contributed by atoms with Crippen LogP contribution in [0, 0.1) is 3.57 Å². The van der Waals surface area contributed by atoms with E-state index in [1.807, 2.05) is 12.1 Å². The molecule has 7 heteroatoms. The summed E-state index contributed by atoms with van der Waals surface area (Å²) in [7, 11) is 0. The molecule has 4 nitrogen and oxygen atoms in total. The maximum absolute atomic E-state index is 11.8. The van der Waals surface area contributed by atoms with Crippen molar-refractivity contribution < 1.29 is 9.59 Å². The molecule has 0 aliphatic carbocycles. The van der Waals surface area contributed by atoms with Crippen LogP contribution < -0.4 is 10.6 Å². The Labute approximate surface area is 145 Å². The highest BCUT2D eigenvalue weighted by Gasteiger charge is 2.14. The van der Waals surface area contributed by atoms with Gasteiger partial charge < -0.3 is 10.6 Å². The van der Waals surface area contributed by atoms with Crippen molar-refractivity contribution in [1.29, 1.82) is 0 Å². The largest absolute Gasteiger partial charge is 0.318 e. The summed E-state index contributed by atoms with van der Waals surface area (Å²) in [5.41, 5.74) is 0.898. The molecule has 2 aromatic carbocycles. The predicted molar refractivity (Wildman–Crippen MR) is 92.9 cm³/mol. The average Bonchev–Trinajstić information content (AvgIpc) is 2.40. The van der Waals surface area contributed by atoms with E-state index < -0.39 is 11.8 Å². The van der Waals surface area contributed by atoms with Crippen molar-refractivity contribution in [3.8, 4) is 0 Å². The van der Waals surface area contributed by atoms with Crippen LogP contribution in [0.2, 0.25) is 10.0 Å². The van der Waals surface area contributed by atoms with E-state index >= 15 is 0 Å². The van der Waals surface area contributed by atoms with E-state index in [0.717, 1.165) is 3.57 Å². The molecule has 2 amide bonds. The van der Waals surface area contributed by atoms with Crippen LogP contribution in [-0.4, -0.2) is 11.8 Å². The summed E-state index contributed by atoms with van der Waals surface area (Å²) in [5, 5.41) is 5.67. The maximum Gasteiger partial charge on any atom is 0.314 e. The maximum atomic E-state index is 11.8. The lowest BCUT2D eigenvalue weighted by molar-refractivity contribution is -0.132. The zero-order chi connectivity index (χ0) is 15.4. The number of amides is 2. The number of hydrogen-bond donors (Lipinski definition) is 2. The van der Waals surface area contributed by atoms with Crippen molar-refractivity contribution in [2.75, 3.05) is 10.6 Å². The molecule has 0 fully saturated rings. The average molecular weight is 435 g/mol. The van der Waals surface area contributed by atoms with Gasteiger partial charge in [-0.15, -0.1) is 0 Å². The summed E-state index contributed by atoms with van der Waals surface area (Å²) in [6, 6.07) is 11.6. The van der Waals surface area contributed by atoms with Gasteiger partial charge in [-0.1, -0.05) is 23.2 Å². The van der Waals surface area contributed by atoms with Gasteiger partial charge in [0.15, 0.2) is 0 Å². The second kappa shape index (κ2) is 7.11. The molecule has 2 N–H and O–H groups in total. The first-order valence-electron chi connectivity index (χ1n) is 5.78. The Kier molecular flexibility index (Phi) is 5.44. The Morgan fingerprint density at radius 1 is 0.810 bits per heavy atom. The van der Waals surface area contributed by atoms with Crippen molar-refractivity contribution in [2.24, 2.45) is 0 Å². The summed E-state index contributed by atoms with van der Waals surface area (Å²) in [5.74, 6) is -1.57. The third-order valence-corrected chi connectivity index (χ3v) is 3.58. The molecule has 108 valence electrons. The molecule has 0 aliphatic rings. The molecule has 0 unspecified atom stereocenters. The molecule has 0 heterocycles. The lowest BCUT2D eigenvalue weighted by Gasteiger charge is -2.07. The minimum Gasteiger partial charge on any atom is -0.318 e. The summed E-state index contributed by atoms with van der Waals surface area (Å²) < 4.78 is 1.03. The molecule has 0 aliphatic heterocycles. The first-order chi connectivity index (χ1) is 9.94. The molecule has 0 saturated heterocycles. The van der Waals surface area contributed by atoms with Gasteiger partial charge in [0.2, 0.25) is 0 Å². The molecule has 0 bridgehead atoms. The Hall–Kier alpha value is -1.31. The highest BCUT2D eigenvalue weighted by molar-refractivity contribution is 14.1. The normalized spacial score (nSPS) is 10.0. The summed E-state index contributed by atoms with van der Waals surface area (Å²) in [4.78, 5) is 23.6. The molecular weight excluding hydrogens is 426 g/mol. The van der Waals surface area contributed by atoms with Gasteiger partial charge in [-0.25, -0.2) is 0 Å². The molecule has 0 aromatic heterocycles. The summed E-state index contributed by atoms with van der Waals surface area (Å²) >= 11 is 13.8. The number of benzene rings is 2. The van der Waals surface area contributed by atoms with E-state index in [-0.39, 0.29) is 0 Å². The van der Waals surface area contributed by atoms with Crippen molar-refractivity contribution in [1.82, 2.24) is 0 Å².